The molecule has 0 aromatic rings. The van der Waals surface area contributed by atoms with Crippen LogP contribution >= 0.6 is 0 Å². The number of allylic oxidation sites excluding steroid dienone is 12. The zero-order valence-corrected chi connectivity index (χ0v) is 39.8. The van der Waals surface area contributed by atoms with Gasteiger partial charge in [-0.25, -0.2) is 4.79 Å². The number of rotatable bonds is 43. The SMILES string of the molecule is CC/C=C/C/C=C/C/C=C/CCCCCCCCCCCCCCCC(=O)OCC(COCCC(C(=O)O)[N+](C)(C)C)OC(=O)CCCCCC/C=C/C/C=C/C/C=C/CC. The Morgan fingerprint density at radius 3 is 1.28 bits per heavy atom. The van der Waals surface area contributed by atoms with E-state index in [1.54, 1.807) is 0 Å². The Morgan fingerprint density at radius 1 is 0.492 bits per heavy atom. The van der Waals surface area contributed by atoms with E-state index in [1.165, 1.54) is 70.6 Å². The Hall–Kier alpha value is -3.23. The Labute approximate surface area is 374 Å². The third-order valence-electron chi connectivity index (χ3n) is 10.6. The number of hydrogen-bond acceptors (Lipinski definition) is 6. The second-order valence-corrected chi connectivity index (χ2v) is 17.3. The molecule has 0 rings (SSSR count). The second-order valence-electron chi connectivity index (χ2n) is 17.3. The number of nitrogens with zero attached hydrogens (tertiary/aromatic N) is 1. The van der Waals surface area contributed by atoms with Crippen LogP contribution in [0.3, 0.4) is 0 Å². The zero-order valence-electron chi connectivity index (χ0n) is 39.8. The summed E-state index contributed by atoms with van der Waals surface area (Å²) in [4.78, 5) is 37.1. The maximum atomic E-state index is 12.7. The first kappa shape index (κ1) is 57.8. The van der Waals surface area contributed by atoms with Crippen LogP contribution in [0, 0.1) is 0 Å². The number of ether oxygens (including phenoxy) is 3. The van der Waals surface area contributed by atoms with Crippen LogP contribution in [0.1, 0.15) is 194 Å². The summed E-state index contributed by atoms with van der Waals surface area (Å²) in [6.45, 7) is 4.49. The molecule has 350 valence electrons. The molecule has 0 saturated heterocycles. The fourth-order valence-corrected chi connectivity index (χ4v) is 6.89. The molecule has 0 amide bonds. The van der Waals surface area contributed by atoms with Gasteiger partial charge in [-0.05, 0) is 77.0 Å². The summed E-state index contributed by atoms with van der Waals surface area (Å²) in [5.41, 5.74) is 0. The standard InChI is InChI=1S/C53H91NO7/c1-6-8-10-12-14-16-18-20-22-23-24-25-26-27-28-29-30-32-33-35-37-39-41-43-51(55)60-48-49(47-59-46-45-50(53(57)58)54(3,4)5)61-52(56)44-42-40-38-36-34-31-21-19-17-15-13-11-9-7-2/h8-11,14-17,20-22,31,49-50H,6-7,12-13,18-19,23-30,32-48H2,1-5H3/p+1/b10-8+,11-9+,16-14+,17-15+,22-20+,31-21+. The van der Waals surface area contributed by atoms with Crippen molar-refractivity contribution < 1.29 is 38.2 Å². The summed E-state index contributed by atoms with van der Waals surface area (Å²) in [7, 11) is 5.52. The fraction of sp³-hybridized carbons (Fsp3) is 0.717. The molecule has 8 heteroatoms. The molecule has 0 aromatic heterocycles. The maximum absolute atomic E-state index is 12.7. The first-order valence-electron chi connectivity index (χ1n) is 24.5. The number of hydrogen-bond donors (Lipinski definition) is 1. The largest absolute Gasteiger partial charge is 0.477 e. The maximum Gasteiger partial charge on any atom is 0.362 e. The average Bonchev–Trinajstić information content (AvgIpc) is 3.22. The van der Waals surface area contributed by atoms with Crippen molar-refractivity contribution in [3.8, 4) is 0 Å². The lowest BCUT2D eigenvalue weighted by Gasteiger charge is -2.31. The topological polar surface area (TPSA) is 99.1 Å². The van der Waals surface area contributed by atoms with Gasteiger partial charge in [0.2, 0.25) is 0 Å². The molecule has 0 heterocycles. The van der Waals surface area contributed by atoms with Gasteiger partial charge in [0.05, 0.1) is 34.4 Å². The summed E-state index contributed by atoms with van der Waals surface area (Å²) in [5.74, 6) is -1.50. The Kier molecular flexibility index (Phi) is 41.1. The van der Waals surface area contributed by atoms with Gasteiger partial charge >= 0.3 is 17.9 Å². The van der Waals surface area contributed by atoms with Crippen LogP contribution < -0.4 is 0 Å². The van der Waals surface area contributed by atoms with Gasteiger partial charge in [-0.2, -0.15) is 0 Å². The minimum atomic E-state index is -0.881. The Balaban J connectivity index is 4.23. The molecule has 0 saturated carbocycles. The van der Waals surface area contributed by atoms with Crippen molar-refractivity contribution >= 4 is 17.9 Å². The molecule has 61 heavy (non-hydrogen) atoms. The van der Waals surface area contributed by atoms with Crippen LogP contribution in [-0.2, 0) is 28.6 Å². The molecule has 0 bridgehead atoms. The molecule has 0 spiro atoms. The van der Waals surface area contributed by atoms with E-state index in [4.69, 9.17) is 14.2 Å². The summed E-state index contributed by atoms with van der Waals surface area (Å²) < 4.78 is 17.3. The third-order valence-corrected chi connectivity index (χ3v) is 10.6. The highest BCUT2D eigenvalue weighted by atomic mass is 16.6. The molecule has 0 aliphatic rings. The molecule has 8 nitrogen and oxygen atoms in total. The van der Waals surface area contributed by atoms with Crippen molar-refractivity contribution in [3.05, 3.63) is 72.9 Å². The second kappa shape index (κ2) is 43.4. The van der Waals surface area contributed by atoms with Crippen molar-refractivity contribution in [1.82, 2.24) is 0 Å². The first-order chi connectivity index (χ1) is 29.6. The molecule has 0 aliphatic carbocycles. The minimum Gasteiger partial charge on any atom is -0.477 e. The van der Waals surface area contributed by atoms with E-state index in [2.05, 4.69) is 86.8 Å². The highest BCUT2D eigenvalue weighted by molar-refractivity contribution is 5.72. The predicted octanol–water partition coefficient (Wildman–Crippen LogP) is 13.9. The molecule has 0 radical (unpaired) electrons. The van der Waals surface area contributed by atoms with Crippen LogP contribution in [0.4, 0.5) is 0 Å². The van der Waals surface area contributed by atoms with Gasteiger partial charge in [0.25, 0.3) is 0 Å². The van der Waals surface area contributed by atoms with Gasteiger partial charge in [-0.1, -0.05) is 170 Å². The summed E-state index contributed by atoms with van der Waals surface area (Å²) in [6, 6.07) is -0.622. The van der Waals surface area contributed by atoms with E-state index in [9.17, 15) is 19.5 Å². The van der Waals surface area contributed by atoms with E-state index in [0.717, 1.165) is 89.9 Å². The molecule has 1 N–H and O–H groups in total. The lowest BCUT2D eigenvalue weighted by molar-refractivity contribution is -0.887. The van der Waals surface area contributed by atoms with Crippen molar-refractivity contribution in [2.45, 2.75) is 206 Å². The van der Waals surface area contributed by atoms with E-state index in [1.807, 2.05) is 21.1 Å². The number of carboxylic acid groups (broad SMARTS) is 1. The number of carbonyl (C=O) groups is 3. The number of aliphatic carboxylic acids is 1. The van der Waals surface area contributed by atoms with Gasteiger partial charge < -0.3 is 23.8 Å². The minimum absolute atomic E-state index is 0.0493. The molecule has 0 fully saturated rings. The Morgan fingerprint density at radius 2 is 0.869 bits per heavy atom. The van der Waals surface area contributed by atoms with Crippen molar-refractivity contribution in [2.75, 3.05) is 41.0 Å². The van der Waals surface area contributed by atoms with E-state index in [-0.39, 0.29) is 36.2 Å². The fourth-order valence-electron chi connectivity index (χ4n) is 6.89. The Bertz CT molecular complexity index is 1230. The lowest BCUT2D eigenvalue weighted by atomic mass is 10.0. The molecule has 0 aromatic carbocycles. The monoisotopic (exact) mass is 855 g/mol. The van der Waals surface area contributed by atoms with Gasteiger partial charge in [-0.3, -0.25) is 9.59 Å². The van der Waals surface area contributed by atoms with Gasteiger partial charge in [0.15, 0.2) is 12.1 Å². The highest BCUT2D eigenvalue weighted by Crippen LogP contribution is 2.15. The number of esters is 2. The molecule has 0 aliphatic heterocycles. The quantitative estimate of drug-likeness (QED) is 0.0282. The van der Waals surface area contributed by atoms with E-state index >= 15 is 0 Å². The van der Waals surface area contributed by atoms with Gasteiger partial charge in [0, 0.05) is 19.3 Å². The van der Waals surface area contributed by atoms with Crippen LogP contribution in [0.25, 0.3) is 0 Å². The van der Waals surface area contributed by atoms with Crippen LogP contribution in [0.5, 0.6) is 0 Å². The molecule has 2 atom stereocenters. The normalized spacial score (nSPS) is 13.5. The molecular formula is C53H92NO7+. The van der Waals surface area contributed by atoms with E-state index < -0.39 is 18.1 Å². The lowest BCUT2D eigenvalue weighted by Crippen LogP contribution is -2.50. The number of quaternary nitrogens is 1. The predicted molar refractivity (Wildman–Crippen MR) is 257 cm³/mol. The van der Waals surface area contributed by atoms with Crippen LogP contribution in [-0.4, -0.2) is 80.6 Å². The van der Waals surface area contributed by atoms with Crippen molar-refractivity contribution in [2.24, 2.45) is 0 Å². The summed E-state index contributed by atoms with van der Waals surface area (Å²) in [5, 5.41) is 9.64. The van der Waals surface area contributed by atoms with Crippen LogP contribution in [0.2, 0.25) is 0 Å². The number of carboxylic acids is 1. The summed E-state index contributed by atoms with van der Waals surface area (Å²) in [6.07, 6.45) is 55.3. The third kappa shape index (κ3) is 41.9. The number of carbonyl (C=O) groups excluding carboxylic acids is 2. The first-order valence-corrected chi connectivity index (χ1v) is 24.5. The number of unbranched alkanes of at least 4 members (excludes halogenated alkanes) is 17. The van der Waals surface area contributed by atoms with E-state index in [0.29, 0.717) is 19.3 Å². The molecular weight excluding hydrogens is 763 g/mol. The van der Waals surface area contributed by atoms with Crippen molar-refractivity contribution in [1.29, 1.82) is 0 Å². The summed E-state index contributed by atoms with van der Waals surface area (Å²) >= 11 is 0. The van der Waals surface area contributed by atoms with Gasteiger partial charge in [-0.15, -0.1) is 0 Å². The van der Waals surface area contributed by atoms with Crippen LogP contribution in [0.15, 0.2) is 72.9 Å². The zero-order chi connectivity index (χ0) is 44.9. The highest BCUT2D eigenvalue weighted by Gasteiger charge is 2.31. The molecule has 2 unspecified atom stereocenters. The van der Waals surface area contributed by atoms with Gasteiger partial charge in [0.1, 0.15) is 6.61 Å². The smallest absolute Gasteiger partial charge is 0.362 e. The average molecular weight is 855 g/mol. The number of likely N-dealkylation sites (N-methyl/N-ethyl adjacent to an activating group) is 1. The van der Waals surface area contributed by atoms with Crippen molar-refractivity contribution in [3.63, 3.8) is 0 Å².